The summed E-state index contributed by atoms with van der Waals surface area (Å²) in [5.41, 5.74) is 0.920. The first-order valence-electron chi connectivity index (χ1n) is 6.42. The zero-order valence-electron chi connectivity index (χ0n) is 10.2. The molecule has 0 aliphatic heterocycles. The normalized spacial score (nSPS) is 16.6. The summed E-state index contributed by atoms with van der Waals surface area (Å²) in [6.07, 6.45) is 7.73. The van der Waals surface area contributed by atoms with Crippen LogP contribution in [-0.2, 0) is 0 Å². The van der Waals surface area contributed by atoms with E-state index >= 15 is 0 Å². The highest BCUT2D eigenvalue weighted by Gasteiger charge is 2.19. The second-order valence-electron chi connectivity index (χ2n) is 4.87. The topological polar surface area (TPSA) is 78.0 Å². The Bertz CT molecular complexity index is 814. The van der Waals surface area contributed by atoms with E-state index in [1.807, 2.05) is 12.3 Å². The van der Waals surface area contributed by atoms with E-state index in [1.54, 1.807) is 9.08 Å². The van der Waals surface area contributed by atoms with E-state index < -0.39 is 0 Å². The van der Waals surface area contributed by atoms with Crippen molar-refractivity contribution in [3.8, 4) is 0 Å². The van der Waals surface area contributed by atoms with Crippen molar-refractivity contribution in [2.75, 3.05) is 0 Å². The van der Waals surface area contributed by atoms with Crippen molar-refractivity contribution in [3.63, 3.8) is 0 Å². The summed E-state index contributed by atoms with van der Waals surface area (Å²) in [5.74, 6) is 0.408. The minimum atomic E-state index is -0.0886. The number of aromatic nitrogens is 6. The van der Waals surface area contributed by atoms with Crippen LogP contribution in [0.15, 0.2) is 23.4 Å². The summed E-state index contributed by atoms with van der Waals surface area (Å²) in [5, 5.41) is 12.0. The van der Waals surface area contributed by atoms with Crippen molar-refractivity contribution in [2.24, 2.45) is 0 Å². The molecular weight excluding hydrogens is 244 g/mol. The molecule has 3 aromatic heterocycles. The lowest BCUT2D eigenvalue weighted by atomic mass is 10.2. The molecule has 7 nitrogen and oxygen atoms in total. The van der Waals surface area contributed by atoms with Gasteiger partial charge in [-0.05, 0) is 18.9 Å². The first-order chi connectivity index (χ1) is 9.34. The van der Waals surface area contributed by atoms with Gasteiger partial charge >= 0.3 is 0 Å². The minimum absolute atomic E-state index is 0.0886. The quantitative estimate of drug-likeness (QED) is 0.647. The standard InChI is InChI=1S/C12H12N6O/c19-11-10-9(18-12(16-15-10)13-7-14-18)5-6-17(11)8-3-1-2-4-8/h5-8H,1-4H2. The van der Waals surface area contributed by atoms with Crippen LogP contribution in [0.1, 0.15) is 31.7 Å². The van der Waals surface area contributed by atoms with E-state index in [0.29, 0.717) is 22.9 Å². The van der Waals surface area contributed by atoms with Gasteiger partial charge in [0, 0.05) is 12.2 Å². The van der Waals surface area contributed by atoms with Crippen LogP contribution in [0.3, 0.4) is 0 Å². The molecule has 96 valence electrons. The van der Waals surface area contributed by atoms with Crippen LogP contribution in [0, 0.1) is 0 Å². The van der Waals surface area contributed by atoms with E-state index in [0.717, 1.165) is 12.8 Å². The maximum Gasteiger partial charge on any atom is 0.280 e. The molecule has 0 amide bonds. The van der Waals surface area contributed by atoms with Gasteiger partial charge in [0.05, 0.1) is 0 Å². The fourth-order valence-electron chi connectivity index (χ4n) is 2.83. The Morgan fingerprint density at radius 3 is 2.89 bits per heavy atom. The summed E-state index contributed by atoms with van der Waals surface area (Å²) in [7, 11) is 0. The Morgan fingerprint density at radius 2 is 2.05 bits per heavy atom. The molecule has 4 rings (SSSR count). The van der Waals surface area contributed by atoms with Gasteiger partial charge in [0.2, 0.25) is 0 Å². The summed E-state index contributed by atoms with van der Waals surface area (Å²) >= 11 is 0. The molecule has 1 fully saturated rings. The summed E-state index contributed by atoms with van der Waals surface area (Å²) in [4.78, 5) is 16.4. The van der Waals surface area contributed by atoms with Crippen LogP contribution < -0.4 is 5.56 Å². The highest BCUT2D eigenvalue weighted by Crippen LogP contribution is 2.28. The van der Waals surface area contributed by atoms with Gasteiger partial charge in [0.25, 0.3) is 11.3 Å². The van der Waals surface area contributed by atoms with Gasteiger partial charge in [-0.1, -0.05) is 12.8 Å². The molecule has 0 saturated heterocycles. The van der Waals surface area contributed by atoms with Gasteiger partial charge < -0.3 is 4.57 Å². The van der Waals surface area contributed by atoms with Gasteiger partial charge in [0.15, 0.2) is 5.52 Å². The predicted octanol–water partition coefficient (Wildman–Crippen LogP) is 0.949. The van der Waals surface area contributed by atoms with Crippen molar-refractivity contribution < 1.29 is 0 Å². The maximum absolute atomic E-state index is 12.5. The van der Waals surface area contributed by atoms with Crippen LogP contribution in [0.5, 0.6) is 0 Å². The van der Waals surface area contributed by atoms with E-state index in [1.165, 1.54) is 19.2 Å². The summed E-state index contributed by atoms with van der Waals surface area (Å²) in [6.45, 7) is 0. The SMILES string of the molecule is O=c1c2nnc3ncnn3c2ccn1C1CCCC1. The second-order valence-corrected chi connectivity index (χ2v) is 4.87. The molecule has 19 heavy (non-hydrogen) atoms. The molecule has 0 unspecified atom stereocenters. The lowest BCUT2D eigenvalue weighted by molar-refractivity contribution is 0.504. The monoisotopic (exact) mass is 256 g/mol. The fourth-order valence-corrected chi connectivity index (χ4v) is 2.83. The Labute approximate surface area is 107 Å². The summed E-state index contributed by atoms with van der Waals surface area (Å²) < 4.78 is 3.33. The van der Waals surface area contributed by atoms with Crippen molar-refractivity contribution >= 4 is 16.8 Å². The molecule has 3 heterocycles. The third-order valence-electron chi connectivity index (χ3n) is 3.79. The Kier molecular flexibility index (Phi) is 2.14. The maximum atomic E-state index is 12.5. The van der Waals surface area contributed by atoms with Gasteiger partial charge in [-0.2, -0.15) is 14.6 Å². The molecule has 1 saturated carbocycles. The molecule has 0 aromatic carbocycles. The van der Waals surface area contributed by atoms with Gasteiger partial charge in [-0.25, -0.2) is 0 Å². The fraction of sp³-hybridized carbons (Fsp3) is 0.417. The predicted molar refractivity (Wildman–Crippen MR) is 67.8 cm³/mol. The zero-order chi connectivity index (χ0) is 12.8. The molecule has 0 N–H and O–H groups in total. The average Bonchev–Trinajstić information content (AvgIpc) is 3.10. The summed E-state index contributed by atoms with van der Waals surface area (Å²) in [6, 6.07) is 2.16. The lowest BCUT2D eigenvalue weighted by Crippen LogP contribution is -2.24. The third kappa shape index (κ3) is 1.47. The molecule has 0 spiro atoms. The molecule has 0 radical (unpaired) electrons. The van der Waals surface area contributed by atoms with Crippen molar-refractivity contribution in [2.45, 2.75) is 31.7 Å². The molecule has 7 heteroatoms. The number of hydrogen-bond acceptors (Lipinski definition) is 5. The van der Waals surface area contributed by atoms with E-state index in [2.05, 4.69) is 20.3 Å². The Morgan fingerprint density at radius 1 is 1.21 bits per heavy atom. The number of hydrogen-bond donors (Lipinski definition) is 0. The molecular formula is C12H12N6O. The Hall–Kier alpha value is -2.31. The molecule has 3 aromatic rings. The molecule has 0 atom stereocenters. The lowest BCUT2D eigenvalue weighted by Gasteiger charge is -2.13. The number of pyridine rings is 1. The number of fused-ring (bicyclic) bond motifs is 3. The van der Waals surface area contributed by atoms with Crippen molar-refractivity contribution in [1.29, 1.82) is 0 Å². The van der Waals surface area contributed by atoms with Gasteiger partial charge in [-0.3, -0.25) is 4.79 Å². The van der Waals surface area contributed by atoms with Crippen molar-refractivity contribution in [1.82, 2.24) is 29.4 Å². The van der Waals surface area contributed by atoms with E-state index in [9.17, 15) is 4.79 Å². The second kappa shape index (κ2) is 3.84. The van der Waals surface area contributed by atoms with Crippen LogP contribution in [-0.4, -0.2) is 29.4 Å². The first kappa shape index (κ1) is 10.6. The molecule has 1 aliphatic carbocycles. The van der Waals surface area contributed by atoms with Crippen LogP contribution in [0.4, 0.5) is 0 Å². The third-order valence-corrected chi connectivity index (χ3v) is 3.79. The highest BCUT2D eigenvalue weighted by molar-refractivity contribution is 5.74. The van der Waals surface area contributed by atoms with Gasteiger partial charge in [0.1, 0.15) is 11.8 Å². The van der Waals surface area contributed by atoms with Crippen molar-refractivity contribution in [3.05, 3.63) is 28.9 Å². The van der Waals surface area contributed by atoms with Crippen LogP contribution in [0.25, 0.3) is 16.8 Å². The first-order valence-corrected chi connectivity index (χ1v) is 6.42. The Balaban J connectivity index is 2.02. The van der Waals surface area contributed by atoms with Crippen LogP contribution >= 0.6 is 0 Å². The zero-order valence-corrected chi connectivity index (χ0v) is 10.2. The average molecular weight is 256 g/mol. The number of rotatable bonds is 1. The van der Waals surface area contributed by atoms with E-state index in [-0.39, 0.29) is 5.56 Å². The highest BCUT2D eigenvalue weighted by atomic mass is 16.1. The molecule has 1 aliphatic rings. The largest absolute Gasteiger partial charge is 0.310 e. The minimum Gasteiger partial charge on any atom is -0.310 e. The number of nitrogens with zero attached hydrogens (tertiary/aromatic N) is 6. The van der Waals surface area contributed by atoms with E-state index in [4.69, 9.17) is 0 Å². The van der Waals surface area contributed by atoms with Gasteiger partial charge in [-0.15, -0.1) is 10.2 Å². The smallest absolute Gasteiger partial charge is 0.280 e. The van der Waals surface area contributed by atoms with Crippen LogP contribution in [0.2, 0.25) is 0 Å². The molecule has 0 bridgehead atoms.